The van der Waals surface area contributed by atoms with Crippen LogP contribution in [0, 0.1) is 11.6 Å². The lowest BCUT2D eigenvalue weighted by molar-refractivity contribution is -0.137. The molecule has 0 spiro atoms. The van der Waals surface area contributed by atoms with E-state index in [2.05, 4.69) is 16.0 Å². The van der Waals surface area contributed by atoms with Crippen molar-refractivity contribution in [3.05, 3.63) is 90.0 Å². The fraction of sp³-hybridized carbons (Fsp3) is 0.130. The summed E-state index contributed by atoms with van der Waals surface area (Å²) >= 11 is 0. The topological polar surface area (TPSA) is 73.5 Å². The number of halogens is 5. The molecule has 3 N–H and O–H groups in total. The summed E-state index contributed by atoms with van der Waals surface area (Å²) in [6.07, 6.45) is -4.65. The van der Waals surface area contributed by atoms with Crippen LogP contribution in [-0.4, -0.2) is 25.2 Å². The Balaban J connectivity index is 1.74. The van der Waals surface area contributed by atoms with Crippen molar-refractivity contribution in [2.45, 2.75) is 6.18 Å². The number of amides is 4. The third-order valence-corrected chi connectivity index (χ3v) is 4.55. The molecule has 3 rings (SSSR count). The SMILES string of the molecule is O=C(NCCN(C(=O)Nc1ccccc1F)c1cccc(C(F)(F)F)c1)Nc1cccc(F)c1. The van der Waals surface area contributed by atoms with Gasteiger partial charge in [-0.25, -0.2) is 18.4 Å². The molecule has 3 aromatic rings. The summed E-state index contributed by atoms with van der Waals surface area (Å²) in [5.41, 5.74) is -1.08. The number of benzene rings is 3. The van der Waals surface area contributed by atoms with E-state index in [4.69, 9.17) is 0 Å². The molecule has 0 saturated carbocycles. The minimum absolute atomic E-state index is 0.115. The molecule has 0 saturated heterocycles. The summed E-state index contributed by atoms with van der Waals surface area (Å²) in [6, 6.07) is 12.9. The molecule has 0 aliphatic carbocycles. The van der Waals surface area contributed by atoms with Gasteiger partial charge < -0.3 is 16.0 Å². The van der Waals surface area contributed by atoms with Gasteiger partial charge in [0.25, 0.3) is 0 Å². The monoisotopic (exact) mass is 478 g/mol. The number of nitrogens with one attached hydrogen (secondary N) is 3. The highest BCUT2D eigenvalue weighted by atomic mass is 19.4. The molecule has 6 nitrogen and oxygen atoms in total. The quantitative estimate of drug-likeness (QED) is 0.389. The van der Waals surface area contributed by atoms with Crippen LogP contribution >= 0.6 is 0 Å². The summed E-state index contributed by atoms with van der Waals surface area (Å²) in [6.45, 7) is -0.430. The first-order valence-corrected chi connectivity index (χ1v) is 9.94. The molecule has 4 amide bonds. The van der Waals surface area contributed by atoms with Crippen LogP contribution in [0.5, 0.6) is 0 Å². The van der Waals surface area contributed by atoms with Crippen LogP contribution in [-0.2, 0) is 6.18 Å². The van der Waals surface area contributed by atoms with Gasteiger partial charge in [-0.15, -0.1) is 0 Å². The molecule has 34 heavy (non-hydrogen) atoms. The maximum absolute atomic E-state index is 14.0. The van der Waals surface area contributed by atoms with Gasteiger partial charge in [0.15, 0.2) is 0 Å². The molecule has 0 bridgehead atoms. The minimum Gasteiger partial charge on any atom is -0.336 e. The summed E-state index contributed by atoms with van der Waals surface area (Å²) in [5, 5.41) is 7.14. The van der Waals surface area contributed by atoms with E-state index in [0.717, 1.165) is 35.2 Å². The third-order valence-electron chi connectivity index (χ3n) is 4.55. The fourth-order valence-corrected chi connectivity index (χ4v) is 2.97. The minimum atomic E-state index is -4.65. The second kappa shape index (κ2) is 10.6. The number of alkyl halides is 3. The normalized spacial score (nSPS) is 11.0. The predicted octanol–water partition coefficient (Wildman–Crippen LogP) is 5.84. The number of nitrogens with zero attached hydrogens (tertiary/aromatic N) is 1. The Hall–Kier alpha value is -4.15. The van der Waals surface area contributed by atoms with E-state index in [1.165, 1.54) is 42.5 Å². The molecule has 11 heteroatoms. The van der Waals surface area contributed by atoms with Crippen molar-refractivity contribution in [3.8, 4) is 0 Å². The second-order valence-electron chi connectivity index (χ2n) is 7.00. The number of carbonyl (C=O) groups is 2. The lowest BCUT2D eigenvalue weighted by atomic mass is 10.2. The van der Waals surface area contributed by atoms with Gasteiger partial charge in [0.05, 0.1) is 11.3 Å². The predicted molar refractivity (Wildman–Crippen MR) is 118 cm³/mol. The highest BCUT2D eigenvalue weighted by Gasteiger charge is 2.31. The first-order chi connectivity index (χ1) is 16.1. The van der Waals surface area contributed by atoms with Gasteiger partial charge in [0.1, 0.15) is 11.6 Å². The van der Waals surface area contributed by atoms with E-state index >= 15 is 0 Å². The Kier molecular flexibility index (Phi) is 7.67. The van der Waals surface area contributed by atoms with Gasteiger partial charge >= 0.3 is 18.2 Å². The smallest absolute Gasteiger partial charge is 0.336 e. The first kappa shape index (κ1) is 24.5. The number of carbonyl (C=O) groups excluding carboxylic acids is 2. The highest BCUT2D eigenvalue weighted by molar-refractivity contribution is 6.02. The van der Waals surface area contributed by atoms with Gasteiger partial charge in [-0.3, -0.25) is 4.90 Å². The fourth-order valence-electron chi connectivity index (χ4n) is 2.97. The third kappa shape index (κ3) is 6.67. The Morgan fingerprint density at radius 3 is 2.29 bits per heavy atom. The van der Waals surface area contributed by atoms with Gasteiger partial charge in [0, 0.05) is 24.5 Å². The summed E-state index contributed by atoms with van der Waals surface area (Å²) in [4.78, 5) is 25.8. The number of rotatable bonds is 6. The largest absolute Gasteiger partial charge is 0.416 e. The van der Waals surface area contributed by atoms with Crippen molar-refractivity contribution < 1.29 is 31.5 Å². The Labute approximate surface area is 191 Å². The lowest BCUT2D eigenvalue weighted by Gasteiger charge is -2.24. The van der Waals surface area contributed by atoms with Crippen molar-refractivity contribution in [1.29, 1.82) is 0 Å². The molecular formula is C23H19F5N4O2. The van der Waals surface area contributed by atoms with Gasteiger partial charge in [0.2, 0.25) is 0 Å². The van der Waals surface area contributed by atoms with Crippen LogP contribution in [0.2, 0.25) is 0 Å². The number of hydrogen-bond acceptors (Lipinski definition) is 2. The van der Waals surface area contributed by atoms with Crippen molar-refractivity contribution >= 4 is 29.1 Å². The lowest BCUT2D eigenvalue weighted by Crippen LogP contribution is -2.42. The number of hydrogen-bond donors (Lipinski definition) is 3. The molecule has 0 atom stereocenters. The van der Waals surface area contributed by atoms with Gasteiger partial charge in [-0.1, -0.05) is 24.3 Å². The van der Waals surface area contributed by atoms with Crippen LogP contribution < -0.4 is 20.9 Å². The summed E-state index contributed by atoms with van der Waals surface area (Å²) < 4.78 is 66.7. The van der Waals surface area contributed by atoms with Gasteiger partial charge in [-0.2, -0.15) is 13.2 Å². The van der Waals surface area contributed by atoms with Crippen LogP contribution in [0.15, 0.2) is 72.8 Å². The zero-order valence-electron chi connectivity index (χ0n) is 17.5. The summed E-state index contributed by atoms with van der Waals surface area (Å²) in [5.74, 6) is -1.29. The molecule has 0 heterocycles. The van der Waals surface area contributed by atoms with Crippen LogP contribution in [0.4, 0.5) is 48.6 Å². The standard InChI is InChI=1S/C23H19F5N4O2/c24-16-6-4-7-17(14-16)30-21(33)29-11-12-32(18-8-3-5-15(13-18)23(26,27)28)22(34)31-20-10-2-1-9-19(20)25/h1-10,13-14H,11-12H2,(H,31,34)(H2,29,30,33). The van der Waals surface area contributed by atoms with E-state index in [-0.39, 0.29) is 30.2 Å². The van der Waals surface area contributed by atoms with E-state index < -0.39 is 35.4 Å². The zero-order chi connectivity index (χ0) is 24.7. The van der Waals surface area contributed by atoms with Crippen molar-refractivity contribution in [3.63, 3.8) is 0 Å². The van der Waals surface area contributed by atoms with Crippen LogP contribution in [0.1, 0.15) is 5.56 Å². The number of anilines is 3. The highest BCUT2D eigenvalue weighted by Crippen LogP contribution is 2.32. The molecule has 0 radical (unpaired) electrons. The van der Waals surface area contributed by atoms with Crippen LogP contribution in [0.25, 0.3) is 0 Å². The molecule has 0 fully saturated rings. The first-order valence-electron chi connectivity index (χ1n) is 9.94. The molecule has 0 aliphatic heterocycles. The number of urea groups is 2. The van der Waals surface area contributed by atoms with Crippen molar-refractivity contribution in [2.75, 3.05) is 28.6 Å². The zero-order valence-corrected chi connectivity index (χ0v) is 17.5. The number of para-hydroxylation sites is 1. The van der Waals surface area contributed by atoms with Gasteiger partial charge in [-0.05, 0) is 48.5 Å². The molecule has 0 unspecified atom stereocenters. The van der Waals surface area contributed by atoms with E-state index in [0.29, 0.717) is 0 Å². The van der Waals surface area contributed by atoms with E-state index in [9.17, 15) is 31.5 Å². The molecule has 0 aromatic heterocycles. The maximum atomic E-state index is 14.0. The second-order valence-corrected chi connectivity index (χ2v) is 7.00. The maximum Gasteiger partial charge on any atom is 0.416 e. The van der Waals surface area contributed by atoms with Crippen LogP contribution in [0.3, 0.4) is 0 Å². The van der Waals surface area contributed by atoms with E-state index in [1.807, 2.05) is 0 Å². The Bertz CT molecular complexity index is 1170. The average Bonchev–Trinajstić information content (AvgIpc) is 2.78. The molecule has 3 aromatic carbocycles. The molecule has 0 aliphatic rings. The van der Waals surface area contributed by atoms with Crippen molar-refractivity contribution in [2.24, 2.45) is 0 Å². The Morgan fingerprint density at radius 1 is 0.853 bits per heavy atom. The summed E-state index contributed by atoms with van der Waals surface area (Å²) in [7, 11) is 0. The average molecular weight is 478 g/mol. The molecular weight excluding hydrogens is 459 g/mol. The Morgan fingerprint density at radius 2 is 1.59 bits per heavy atom. The van der Waals surface area contributed by atoms with E-state index in [1.54, 1.807) is 0 Å². The van der Waals surface area contributed by atoms with Crippen molar-refractivity contribution in [1.82, 2.24) is 5.32 Å². The molecule has 178 valence electrons.